The smallest absolute Gasteiger partial charge is 0.251 e. The second kappa shape index (κ2) is 9.75. The van der Waals surface area contributed by atoms with E-state index in [0.717, 1.165) is 40.6 Å². The van der Waals surface area contributed by atoms with Crippen LogP contribution in [0.5, 0.6) is 0 Å². The van der Waals surface area contributed by atoms with E-state index in [2.05, 4.69) is 27.2 Å². The molecular formula is C29H30N6O3. The second-order valence-corrected chi connectivity index (χ2v) is 9.97. The first-order valence-electron chi connectivity index (χ1n) is 12.4. The molecule has 0 bridgehead atoms. The summed E-state index contributed by atoms with van der Waals surface area (Å²) in [7, 11) is 1.92. The minimum absolute atomic E-state index is 0.0841. The molecule has 4 aromatic rings. The average molecular weight is 511 g/mol. The van der Waals surface area contributed by atoms with Crippen LogP contribution in [-0.4, -0.2) is 44.6 Å². The van der Waals surface area contributed by atoms with Gasteiger partial charge in [-0.25, -0.2) is 9.97 Å². The van der Waals surface area contributed by atoms with Crippen molar-refractivity contribution in [2.24, 2.45) is 12.5 Å². The van der Waals surface area contributed by atoms with Crippen molar-refractivity contribution in [2.75, 3.05) is 24.2 Å². The molecule has 2 amide bonds. The number of aliphatic hydroxyl groups excluding tert-OH is 1. The maximum Gasteiger partial charge on any atom is 0.251 e. The highest BCUT2D eigenvalue weighted by atomic mass is 16.3. The molecule has 2 aromatic carbocycles. The number of aryl methyl sites for hydroxylation is 1. The van der Waals surface area contributed by atoms with Gasteiger partial charge in [0, 0.05) is 41.4 Å². The lowest BCUT2D eigenvalue weighted by Crippen LogP contribution is -2.31. The van der Waals surface area contributed by atoms with E-state index in [4.69, 9.17) is 5.73 Å². The number of carbonyl (C=O) groups is 2. The summed E-state index contributed by atoms with van der Waals surface area (Å²) < 4.78 is 1.97. The van der Waals surface area contributed by atoms with Crippen LogP contribution in [0.1, 0.15) is 30.1 Å². The molecule has 2 aromatic heterocycles. The largest absolute Gasteiger partial charge is 0.396 e. The van der Waals surface area contributed by atoms with Crippen LogP contribution in [0, 0.1) is 5.41 Å². The third-order valence-corrected chi connectivity index (χ3v) is 7.15. The van der Waals surface area contributed by atoms with Gasteiger partial charge in [-0.1, -0.05) is 30.8 Å². The number of anilines is 2. The number of nitrogens with one attached hydrogen (secondary N) is 2. The standard InChI is InChI=1S/C29H30N6O3/c1-17(2)27(37)34-21-10-8-19(9-11-21)24-22(23-25(30)32-16-33-26(23)35(24)3)18-4-6-20(7-5-18)28(38)31-14-29(15-36)12-13-29/h4-11,16,36H,1,12-15H2,2-3H3,(H,31,38)(H,34,37)(H2,30,32,33). The zero-order valence-electron chi connectivity index (χ0n) is 21.4. The zero-order valence-corrected chi connectivity index (χ0v) is 21.4. The Hall–Kier alpha value is -4.50. The Labute approximate surface area is 220 Å². The monoisotopic (exact) mass is 510 g/mol. The first-order chi connectivity index (χ1) is 18.2. The van der Waals surface area contributed by atoms with Crippen LogP contribution in [-0.2, 0) is 11.8 Å². The van der Waals surface area contributed by atoms with Crippen LogP contribution in [0.15, 0.2) is 67.0 Å². The molecule has 194 valence electrons. The number of nitrogens with zero attached hydrogens (tertiary/aromatic N) is 3. The Bertz CT molecular complexity index is 1550. The van der Waals surface area contributed by atoms with Crippen molar-refractivity contribution in [3.8, 4) is 22.4 Å². The van der Waals surface area contributed by atoms with Crippen molar-refractivity contribution >= 4 is 34.4 Å². The van der Waals surface area contributed by atoms with Gasteiger partial charge < -0.3 is 26.0 Å². The molecule has 2 heterocycles. The third kappa shape index (κ3) is 4.64. The highest BCUT2D eigenvalue weighted by Crippen LogP contribution is 2.44. The number of benzene rings is 2. The zero-order chi connectivity index (χ0) is 27.0. The summed E-state index contributed by atoms with van der Waals surface area (Å²) in [6.45, 7) is 5.88. The molecule has 0 aliphatic heterocycles. The highest BCUT2D eigenvalue weighted by Gasteiger charge is 2.42. The van der Waals surface area contributed by atoms with Crippen LogP contribution >= 0.6 is 0 Å². The SMILES string of the molecule is C=C(C)C(=O)Nc1ccc(-c2c(-c3ccc(C(=O)NCC4(CO)CC4)cc3)c3c(N)ncnc3n2C)cc1. The highest BCUT2D eigenvalue weighted by molar-refractivity contribution is 6.08. The number of carbonyl (C=O) groups excluding carboxylic acids is 2. The molecular weight excluding hydrogens is 480 g/mol. The van der Waals surface area contributed by atoms with Gasteiger partial charge in [0.1, 0.15) is 17.8 Å². The number of amides is 2. The molecule has 9 nitrogen and oxygen atoms in total. The van der Waals surface area contributed by atoms with Gasteiger partial charge in [-0.05, 0) is 55.2 Å². The van der Waals surface area contributed by atoms with E-state index in [1.165, 1.54) is 6.33 Å². The fourth-order valence-electron chi connectivity index (χ4n) is 4.57. The lowest BCUT2D eigenvalue weighted by Gasteiger charge is -2.13. The van der Waals surface area contributed by atoms with Crippen molar-refractivity contribution in [3.63, 3.8) is 0 Å². The van der Waals surface area contributed by atoms with E-state index >= 15 is 0 Å². The van der Waals surface area contributed by atoms with E-state index < -0.39 is 0 Å². The van der Waals surface area contributed by atoms with E-state index in [1.807, 2.05) is 48.0 Å². The fourth-order valence-corrected chi connectivity index (χ4v) is 4.57. The summed E-state index contributed by atoms with van der Waals surface area (Å²) >= 11 is 0. The molecule has 0 atom stereocenters. The van der Waals surface area contributed by atoms with Gasteiger partial charge in [0.05, 0.1) is 17.7 Å². The minimum atomic E-state index is -0.237. The maximum atomic E-state index is 12.7. The van der Waals surface area contributed by atoms with Crippen molar-refractivity contribution in [1.29, 1.82) is 0 Å². The molecule has 5 rings (SSSR count). The predicted octanol–water partition coefficient (Wildman–Crippen LogP) is 3.90. The molecule has 0 unspecified atom stereocenters. The summed E-state index contributed by atoms with van der Waals surface area (Å²) in [5.41, 5.74) is 12.0. The van der Waals surface area contributed by atoms with Gasteiger partial charge in [-0.15, -0.1) is 0 Å². The van der Waals surface area contributed by atoms with Crippen molar-refractivity contribution < 1.29 is 14.7 Å². The second-order valence-electron chi connectivity index (χ2n) is 9.97. The number of hydrogen-bond acceptors (Lipinski definition) is 6. The number of rotatable bonds is 8. The van der Waals surface area contributed by atoms with E-state index in [0.29, 0.717) is 34.8 Å². The molecule has 1 fully saturated rings. The van der Waals surface area contributed by atoms with E-state index in [9.17, 15) is 14.7 Å². The Kier molecular flexibility index (Phi) is 6.46. The van der Waals surface area contributed by atoms with Crippen LogP contribution in [0.3, 0.4) is 0 Å². The first-order valence-corrected chi connectivity index (χ1v) is 12.4. The molecule has 5 N–H and O–H groups in total. The predicted molar refractivity (Wildman–Crippen MR) is 148 cm³/mol. The topological polar surface area (TPSA) is 135 Å². The summed E-state index contributed by atoms with van der Waals surface area (Å²) in [5.74, 6) is -0.0544. The van der Waals surface area contributed by atoms with Crippen LogP contribution < -0.4 is 16.4 Å². The summed E-state index contributed by atoms with van der Waals surface area (Å²) in [6, 6.07) is 14.8. The molecule has 0 spiro atoms. The van der Waals surface area contributed by atoms with Gasteiger partial charge in [-0.3, -0.25) is 9.59 Å². The summed E-state index contributed by atoms with van der Waals surface area (Å²) in [5, 5.41) is 16.0. The van der Waals surface area contributed by atoms with Gasteiger partial charge in [0.2, 0.25) is 0 Å². The molecule has 0 radical (unpaired) electrons. The van der Waals surface area contributed by atoms with Gasteiger partial charge in [0.25, 0.3) is 11.8 Å². The number of nitrogens with two attached hydrogens (primary N) is 1. The number of aliphatic hydroxyl groups is 1. The van der Waals surface area contributed by atoms with E-state index in [1.54, 1.807) is 19.1 Å². The van der Waals surface area contributed by atoms with Crippen molar-refractivity contribution in [3.05, 3.63) is 72.6 Å². The molecule has 9 heteroatoms. The Morgan fingerprint density at radius 1 is 1.08 bits per heavy atom. The summed E-state index contributed by atoms with van der Waals surface area (Å²) in [4.78, 5) is 33.4. The van der Waals surface area contributed by atoms with Gasteiger partial charge in [-0.2, -0.15) is 0 Å². The Balaban J connectivity index is 1.51. The normalized spacial score (nSPS) is 13.8. The van der Waals surface area contributed by atoms with Crippen LogP contribution in [0.4, 0.5) is 11.5 Å². The van der Waals surface area contributed by atoms with Crippen LogP contribution in [0.2, 0.25) is 0 Å². The maximum absolute atomic E-state index is 12.7. The minimum Gasteiger partial charge on any atom is -0.396 e. The number of nitrogen functional groups attached to an aromatic ring is 1. The summed E-state index contributed by atoms with van der Waals surface area (Å²) in [6.07, 6.45) is 3.29. The molecule has 0 saturated heterocycles. The molecule has 38 heavy (non-hydrogen) atoms. The third-order valence-electron chi connectivity index (χ3n) is 7.15. The van der Waals surface area contributed by atoms with Gasteiger partial charge in [0.15, 0.2) is 0 Å². The Morgan fingerprint density at radius 2 is 1.74 bits per heavy atom. The van der Waals surface area contributed by atoms with E-state index in [-0.39, 0.29) is 23.8 Å². The fraction of sp³-hybridized carbons (Fsp3) is 0.241. The van der Waals surface area contributed by atoms with Crippen molar-refractivity contribution in [1.82, 2.24) is 19.9 Å². The molecule has 1 aliphatic carbocycles. The number of aromatic nitrogens is 3. The van der Waals surface area contributed by atoms with Crippen LogP contribution in [0.25, 0.3) is 33.4 Å². The van der Waals surface area contributed by atoms with Crippen molar-refractivity contribution in [2.45, 2.75) is 19.8 Å². The number of fused-ring (bicyclic) bond motifs is 1. The van der Waals surface area contributed by atoms with Gasteiger partial charge >= 0.3 is 0 Å². The number of hydrogen-bond donors (Lipinski definition) is 4. The lowest BCUT2D eigenvalue weighted by molar-refractivity contribution is -0.112. The molecule has 1 saturated carbocycles. The Morgan fingerprint density at radius 3 is 2.34 bits per heavy atom. The molecule has 1 aliphatic rings. The lowest BCUT2D eigenvalue weighted by atomic mass is 9.97. The first kappa shape index (κ1) is 25.2. The quantitative estimate of drug-likeness (QED) is 0.266. The average Bonchev–Trinajstić information content (AvgIpc) is 3.65.